The molecule has 0 bridgehead atoms. The molecule has 0 heterocycles. The molecule has 0 spiro atoms. The van der Waals surface area contributed by atoms with E-state index in [2.05, 4.69) is 0 Å². The van der Waals surface area contributed by atoms with Gasteiger partial charge in [-0.25, -0.2) is 0 Å². The molecule has 82 valence electrons. The lowest BCUT2D eigenvalue weighted by Gasteiger charge is -2.07. The number of benzene rings is 1. The number of halogens is 2. The van der Waals surface area contributed by atoms with E-state index in [4.69, 9.17) is 34.7 Å². The molecule has 1 aromatic carbocycles. The number of hydrogen-bond donors (Lipinski definition) is 2. The Balaban J connectivity index is 2.58. The van der Waals surface area contributed by atoms with E-state index < -0.39 is 11.9 Å². The highest BCUT2D eigenvalue weighted by Gasteiger charge is 2.09. The molecule has 4 N–H and O–H groups in total. The first-order valence-corrected chi connectivity index (χ1v) is 5.87. The Bertz CT molecular complexity index is 373. The van der Waals surface area contributed by atoms with Crippen molar-refractivity contribution in [2.24, 2.45) is 11.5 Å². The lowest BCUT2D eigenvalue weighted by atomic mass is 10.3. The van der Waals surface area contributed by atoms with Gasteiger partial charge in [0.1, 0.15) is 0 Å². The third-order valence-corrected chi connectivity index (χ3v) is 3.54. The Labute approximate surface area is 102 Å². The summed E-state index contributed by atoms with van der Waals surface area (Å²) < 4.78 is 0. The van der Waals surface area contributed by atoms with Gasteiger partial charge in [0.05, 0.1) is 16.1 Å². The summed E-state index contributed by atoms with van der Waals surface area (Å²) >= 11 is 13.0. The third-order valence-electron chi connectivity index (χ3n) is 1.69. The minimum Gasteiger partial charge on any atom is -0.368 e. The molecule has 0 saturated carbocycles. The second kappa shape index (κ2) is 5.61. The number of thioether (sulfide) groups is 1. The van der Waals surface area contributed by atoms with E-state index in [0.717, 1.165) is 4.90 Å². The first-order chi connectivity index (χ1) is 7.00. The molecule has 0 saturated heterocycles. The monoisotopic (exact) mass is 264 g/mol. The van der Waals surface area contributed by atoms with Gasteiger partial charge >= 0.3 is 0 Å². The van der Waals surface area contributed by atoms with Crippen LogP contribution in [0.1, 0.15) is 0 Å². The quantitative estimate of drug-likeness (QED) is 0.817. The molecule has 6 heteroatoms. The fourth-order valence-electron chi connectivity index (χ4n) is 0.835. The van der Waals surface area contributed by atoms with Crippen LogP contribution in [0.4, 0.5) is 0 Å². The van der Waals surface area contributed by atoms with Crippen molar-refractivity contribution < 1.29 is 4.79 Å². The Hall–Kier alpha value is -0.420. The minimum absolute atomic E-state index is 0.424. The van der Waals surface area contributed by atoms with Gasteiger partial charge in [-0.2, -0.15) is 0 Å². The fraction of sp³-hybridized carbons (Fsp3) is 0.222. The number of hydrogen-bond acceptors (Lipinski definition) is 3. The average molecular weight is 265 g/mol. The number of primary amides is 1. The molecule has 0 aliphatic carbocycles. The van der Waals surface area contributed by atoms with Gasteiger partial charge in [0, 0.05) is 10.6 Å². The Morgan fingerprint density at radius 2 is 2.07 bits per heavy atom. The van der Waals surface area contributed by atoms with Crippen LogP contribution in [0.2, 0.25) is 10.0 Å². The van der Waals surface area contributed by atoms with Crippen molar-refractivity contribution in [1.82, 2.24) is 0 Å². The van der Waals surface area contributed by atoms with Gasteiger partial charge < -0.3 is 11.5 Å². The Morgan fingerprint density at radius 1 is 1.40 bits per heavy atom. The molecule has 1 amide bonds. The fourth-order valence-corrected chi connectivity index (χ4v) is 2.10. The summed E-state index contributed by atoms with van der Waals surface area (Å²) in [5.74, 6) is -0.0876. The topological polar surface area (TPSA) is 69.1 Å². The summed E-state index contributed by atoms with van der Waals surface area (Å²) in [7, 11) is 0. The first-order valence-electron chi connectivity index (χ1n) is 4.13. The van der Waals surface area contributed by atoms with E-state index in [-0.39, 0.29) is 0 Å². The molecule has 0 aliphatic heterocycles. The summed E-state index contributed by atoms with van der Waals surface area (Å²) in [6.07, 6.45) is 0. The molecular formula is C9H10Cl2N2OS. The summed E-state index contributed by atoms with van der Waals surface area (Å²) in [4.78, 5) is 11.6. The second-order valence-corrected chi connectivity index (χ2v) is 4.80. The Morgan fingerprint density at radius 3 is 2.60 bits per heavy atom. The molecule has 15 heavy (non-hydrogen) atoms. The summed E-state index contributed by atoms with van der Waals surface area (Å²) in [6.45, 7) is 0. The van der Waals surface area contributed by atoms with Crippen LogP contribution < -0.4 is 11.5 Å². The highest BCUT2D eigenvalue weighted by atomic mass is 35.5. The van der Waals surface area contributed by atoms with Crippen molar-refractivity contribution in [2.45, 2.75) is 10.9 Å². The van der Waals surface area contributed by atoms with E-state index >= 15 is 0 Å². The molecule has 3 nitrogen and oxygen atoms in total. The van der Waals surface area contributed by atoms with Gasteiger partial charge in [-0.3, -0.25) is 4.79 Å². The number of nitrogens with two attached hydrogens (primary N) is 2. The molecule has 1 rings (SSSR count). The van der Waals surface area contributed by atoms with Gasteiger partial charge in [-0.05, 0) is 18.2 Å². The van der Waals surface area contributed by atoms with E-state index in [0.29, 0.717) is 15.8 Å². The molecule has 0 fully saturated rings. The summed E-state index contributed by atoms with van der Waals surface area (Å²) in [5.41, 5.74) is 10.5. The second-order valence-electron chi connectivity index (χ2n) is 2.90. The zero-order valence-electron chi connectivity index (χ0n) is 7.74. The Kier molecular flexibility index (Phi) is 4.73. The lowest BCUT2D eigenvalue weighted by Crippen LogP contribution is -2.38. The highest BCUT2D eigenvalue weighted by Crippen LogP contribution is 2.27. The van der Waals surface area contributed by atoms with Crippen LogP contribution in [-0.2, 0) is 4.79 Å². The maximum absolute atomic E-state index is 10.7. The molecule has 0 radical (unpaired) electrons. The molecule has 1 unspecified atom stereocenters. The zero-order chi connectivity index (χ0) is 11.4. The lowest BCUT2D eigenvalue weighted by molar-refractivity contribution is -0.118. The largest absolute Gasteiger partial charge is 0.368 e. The SMILES string of the molecule is NC(=O)C(N)CSc1ccc(Cl)c(Cl)c1. The summed E-state index contributed by atoms with van der Waals surface area (Å²) in [5, 5.41) is 0.981. The molecule has 1 atom stereocenters. The van der Waals surface area contributed by atoms with Crippen molar-refractivity contribution in [3.8, 4) is 0 Å². The smallest absolute Gasteiger partial charge is 0.235 e. The number of rotatable bonds is 4. The van der Waals surface area contributed by atoms with Gasteiger partial charge in [0.25, 0.3) is 0 Å². The minimum atomic E-state index is -0.649. The first kappa shape index (κ1) is 12.6. The molecule has 0 aromatic heterocycles. The van der Waals surface area contributed by atoms with E-state index in [9.17, 15) is 4.79 Å². The van der Waals surface area contributed by atoms with Crippen molar-refractivity contribution in [1.29, 1.82) is 0 Å². The van der Waals surface area contributed by atoms with Crippen LogP contribution in [0.3, 0.4) is 0 Å². The van der Waals surface area contributed by atoms with Crippen molar-refractivity contribution in [2.75, 3.05) is 5.75 Å². The van der Waals surface area contributed by atoms with Crippen LogP contribution in [0, 0.1) is 0 Å². The predicted molar refractivity (Wildman–Crippen MR) is 64.4 cm³/mol. The zero-order valence-corrected chi connectivity index (χ0v) is 10.1. The standard InChI is InChI=1S/C9H10Cl2N2OS/c10-6-2-1-5(3-7(6)11)15-4-8(12)9(13)14/h1-3,8H,4,12H2,(H2,13,14). The van der Waals surface area contributed by atoms with E-state index in [1.165, 1.54) is 11.8 Å². The van der Waals surface area contributed by atoms with Gasteiger partial charge in [0.15, 0.2) is 0 Å². The number of amides is 1. The molecule has 1 aromatic rings. The van der Waals surface area contributed by atoms with Crippen LogP contribution in [0.5, 0.6) is 0 Å². The average Bonchev–Trinajstić information content (AvgIpc) is 2.19. The maximum atomic E-state index is 10.7. The molecule has 0 aliphatic rings. The van der Waals surface area contributed by atoms with Crippen LogP contribution in [0.25, 0.3) is 0 Å². The molecular weight excluding hydrogens is 255 g/mol. The predicted octanol–water partition coefficient (Wildman–Crippen LogP) is 1.90. The van der Waals surface area contributed by atoms with Crippen molar-refractivity contribution in [3.63, 3.8) is 0 Å². The number of carbonyl (C=O) groups is 1. The van der Waals surface area contributed by atoms with Crippen molar-refractivity contribution in [3.05, 3.63) is 28.2 Å². The third kappa shape index (κ3) is 3.91. The van der Waals surface area contributed by atoms with E-state index in [1.807, 2.05) is 6.07 Å². The van der Waals surface area contributed by atoms with Gasteiger partial charge in [0.2, 0.25) is 5.91 Å². The van der Waals surface area contributed by atoms with Gasteiger partial charge in [-0.15, -0.1) is 11.8 Å². The van der Waals surface area contributed by atoms with Crippen LogP contribution in [-0.4, -0.2) is 17.7 Å². The van der Waals surface area contributed by atoms with E-state index in [1.54, 1.807) is 12.1 Å². The highest BCUT2D eigenvalue weighted by molar-refractivity contribution is 7.99. The van der Waals surface area contributed by atoms with Gasteiger partial charge in [-0.1, -0.05) is 23.2 Å². The maximum Gasteiger partial charge on any atom is 0.235 e. The normalized spacial score (nSPS) is 12.5. The van der Waals surface area contributed by atoms with Crippen LogP contribution >= 0.6 is 35.0 Å². The van der Waals surface area contributed by atoms with Crippen molar-refractivity contribution >= 4 is 40.9 Å². The summed E-state index contributed by atoms with van der Waals surface area (Å²) in [6, 6.07) is 4.58. The number of carbonyl (C=O) groups excluding carboxylic acids is 1. The van der Waals surface area contributed by atoms with Crippen LogP contribution in [0.15, 0.2) is 23.1 Å².